The number of rotatable bonds is 4. The summed E-state index contributed by atoms with van der Waals surface area (Å²) in [6, 6.07) is 0. The van der Waals surface area contributed by atoms with Crippen LogP contribution in [0.15, 0.2) is 6.33 Å². The summed E-state index contributed by atoms with van der Waals surface area (Å²) in [7, 11) is 4.49. The largest absolute Gasteiger partial charge is 0.540 e. The topological polar surface area (TPSA) is 38.2 Å². The Morgan fingerprint density at radius 2 is 2.00 bits per heavy atom. The van der Waals surface area contributed by atoms with Crippen LogP contribution in [0.4, 0.5) is 0 Å². The third-order valence-corrected chi connectivity index (χ3v) is 1.40. The van der Waals surface area contributed by atoms with Crippen molar-refractivity contribution in [2.24, 2.45) is 0 Å². The molecule has 1 atom stereocenters. The SMILES string of the molecule is CN(P)CCOc1[c-]ncn[c-]1.[Y].[Y]. The van der Waals surface area contributed by atoms with Gasteiger partial charge in [0.2, 0.25) is 0 Å². The van der Waals surface area contributed by atoms with Crippen LogP contribution in [0.3, 0.4) is 0 Å². The van der Waals surface area contributed by atoms with E-state index in [0.717, 1.165) is 6.54 Å². The molecule has 0 amide bonds. The number of hydrogen-bond acceptors (Lipinski definition) is 4. The molecule has 0 aliphatic rings. The van der Waals surface area contributed by atoms with Crippen LogP contribution in [-0.2, 0) is 65.4 Å². The van der Waals surface area contributed by atoms with Gasteiger partial charge in [-0.3, -0.25) is 4.67 Å². The third-order valence-electron chi connectivity index (χ3n) is 1.14. The number of ether oxygens (including phenoxy) is 1. The van der Waals surface area contributed by atoms with Gasteiger partial charge in [-0.1, -0.05) is 15.1 Å². The van der Waals surface area contributed by atoms with Crippen molar-refractivity contribution in [1.29, 1.82) is 0 Å². The summed E-state index contributed by atoms with van der Waals surface area (Å²) < 4.78 is 7.17. The minimum atomic E-state index is 0. The van der Waals surface area contributed by atoms with Gasteiger partial charge in [0.1, 0.15) is 0 Å². The van der Waals surface area contributed by atoms with Crippen molar-refractivity contribution < 1.29 is 70.2 Å². The maximum absolute atomic E-state index is 5.23. The standard InChI is InChI=1S/C7H10N3OP.2Y/c1-10(12)2-3-11-7-4-8-6-9-5-7;;/h6H,2-3,12H2,1H3;;/q-2;;. The fraction of sp³-hybridized carbons (Fsp3) is 0.429. The van der Waals surface area contributed by atoms with Crippen molar-refractivity contribution in [3.63, 3.8) is 0 Å². The van der Waals surface area contributed by atoms with Gasteiger partial charge in [-0.15, -0.1) is 6.33 Å². The summed E-state index contributed by atoms with van der Waals surface area (Å²) in [4.78, 5) is 7.34. The zero-order valence-corrected chi connectivity index (χ0v) is 14.8. The molecule has 0 saturated heterocycles. The Labute approximate surface area is 137 Å². The smallest absolute Gasteiger partial charge is 0.0953 e. The Bertz CT molecular complexity index is 225. The Morgan fingerprint density at radius 3 is 2.50 bits per heavy atom. The molecule has 14 heavy (non-hydrogen) atoms. The van der Waals surface area contributed by atoms with Gasteiger partial charge in [0.05, 0.1) is 6.61 Å². The average Bonchev–Trinajstić information content (AvgIpc) is 2.05. The summed E-state index contributed by atoms with van der Waals surface area (Å²) in [6.45, 7) is 1.40. The molecular weight excluding hydrogens is 351 g/mol. The number of hydrogen-bond donors (Lipinski definition) is 0. The van der Waals surface area contributed by atoms with Crippen LogP contribution < -0.4 is 4.74 Å². The van der Waals surface area contributed by atoms with Crippen molar-refractivity contribution in [3.05, 3.63) is 18.7 Å². The van der Waals surface area contributed by atoms with Crippen LogP contribution in [0.25, 0.3) is 0 Å². The molecule has 1 aromatic rings. The zero-order chi connectivity index (χ0) is 8.81. The Morgan fingerprint density at radius 1 is 1.43 bits per heavy atom. The number of likely N-dealkylation sites (N-methyl/N-ethyl adjacent to an activating group) is 1. The minimum absolute atomic E-state index is 0. The molecule has 0 bridgehead atoms. The molecule has 7 heteroatoms. The maximum Gasteiger partial charge on any atom is 0.0953 e. The molecule has 0 aliphatic heterocycles. The summed E-state index contributed by atoms with van der Waals surface area (Å²) in [5.41, 5.74) is 0. The molecule has 1 heterocycles. The fourth-order valence-electron chi connectivity index (χ4n) is 0.585. The van der Waals surface area contributed by atoms with Gasteiger partial charge in [-0.25, -0.2) is 12.4 Å². The fourth-order valence-corrected chi connectivity index (χ4v) is 0.691. The predicted molar refractivity (Wildman–Crippen MR) is 47.5 cm³/mol. The molecule has 0 aliphatic carbocycles. The molecular formula is C7H10N3OPY2-2. The molecule has 0 N–H and O–H groups in total. The van der Waals surface area contributed by atoms with E-state index in [4.69, 9.17) is 4.74 Å². The van der Waals surface area contributed by atoms with E-state index in [1.165, 1.54) is 6.33 Å². The first kappa shape index (κ1) is 17.9. The van der Waals surface area contributed by atoms with Crippen LogP contribution in [0.1, 0.15) is 0 Å². The van der Waals surface area contributed by atoms with Gasteiger partial charge in [0.15, 0.2) is 0 Å². The van der Waals surface area contributed by atoms with Crippen LogP contribution in [0.5, 0.6) is 5.75 Å². The molecule has 72 valence electrons. The first-order valence-electron chi connectivity index (χ1n) is 3.48. The minimum Gasteiger partial charge on any atom is -0.540 e. The van der Waals surface area contributed by atoms with E-state index in [-0.39, 0.29) is 65.4 Å². The van der Waals surface area contributed by atoms with Crippen LogP contribution in [0.2, 0.25) is 0 Å². The van der Waals surface area contributed by atoms with Crippen LogP contribution in [-0.4, -0.2) is 34.8 Å². The van der Waals surface area contributed by atoms with E-state index >= 15 is 0 Å². The summed E-state index contributed by atoms with van der Waals surface area (Å²) >= 11 is 0. The maximum atomic E-state index is 5.23. The number of aromatic nitrogens is 2. The molecule has 4 nitrogen and oxygen atoms in total. The average molecular weight is 361 g/mol. The van der Waals surface area contributed by atoms with Gasteiger partial charge in [0, 0.05) is 72.0 Å². The van der Waals surface area contributed by atoms with Gasteiger partial charge < -0.3 is 14.7 Å². The van der Waals surface area contributed by atoms with E-state index in [1.54, 1.807) is 0 Å². The van der Waals surface area contributed by atoms with Crippen molar-refractivity contribution in [2.75, 3.05) is 20.2 Å². The van der Waals surface area contributed by atoms with Crippen molar-refractivity contribution in [2.45, 2.75) is 0 Å². The van der Waals surface area contributed by atoms with E-state index in [2.05, 4.69) is 31.8 Å². The Kier molecular flexibility index (Phi) is 14.0. The summed E-state index contributed by atoms with van der Waals surface area (Å²) in [5, 5.41) is 0. The molecule has 0 spiro atoms. The van der Waals surface area contributed by atoms with Gasteiger partial charge in [0.25, 0.3) is 0 Å². The van der Waals surface area contributed by atoms with Gasteiger partial charge >= 0.3 is 0 Å². The summed E-state index contributed by atoms with van der Waals surface area (Å²) in [6.07, 6.45) is 6.62. The monoisotopic (exact) mass is 361 g/mol. The van der Waals surface area contributed by atoms with Gasteiger partial charge in [-0.2, -0.15) is 0 Å². The van der Waals surface area contributed by atoms with Crippen molar-refractivity contribution in [1.82, 2.24) is 14.6 Å². The molecule has 0 fully saturated rings. The zero-order valence-electron chi connectivity index (χ0n) is 7.97. The molecule has 0 aromatic carbocycles. The van der Waals surface area contributed by atoms with Crippen molar-refractivity contribution >= 4 is 9.39 Å². The molecule has 1 aromatic heterocycles. The Hall–Kier alpha value is 1.48. The first-order chi connectivity index (χ1) is 5.79. The van der Waals surface area contributed by atoms with Crippen LogP contribution >= 0.6 is 9.39 Å². The second kappa shape index (κ2) is 11.0. The summed E-state index contributed by atoms with van der Waals surface area (Å²) in [5.74, 6) is 0.462. The van der Waals surface area contributed by atoms with E-state index in [0.29, 0.717) is 12.4 Å². The molecule has 2 radical (unpaired) electrons. The van der Waals surface area contributed by atoms with Crippen molar-refractivity contribution in [3.8, 4) is 5.75 Å². The Balaban J connectivity index is 0. The van der Waals surface area contributed by atoms with Gasteiger partial charge in [-0.05, 0) is 7.05 Å². The molecule has 1 unspecified atom stereocenters. The van der Waals surface area contributed by atoms with E-state index in [9.17, 15) is 0 Å². The normalized spacial score (nSPS) is 8.79. The second-order valence-corrected chi connectivity index (χ2v) is 3.14. The second-order valence-electron chi connectivity index (χ2n) is 2.26. The predicted octanol–water partition coefficient (Wildman–Crippen LogP) is 0.173. The number of nitrogens with zero attached hydrogens (tertiary/aromatic N) is 3. The first-order valence-corrected chi connectivity index (χ1v) is 3.99. The molecule has 0 saturated carbocycles. The molecule has 1 rings (SSSR count). The van der Waals surface area contributed by atoms with E-state index in [1.807, 2.05) is 11.7 Å². The quantitative estimate of drug-likeness (QED) is 0.567. The van der Waals surface area contributed by atoms with E-state index < -0.39 is 0 Å². The van der Waals surface area contributed by atoms with Crippen LogP contribution in [0, 0.1) is 12.4 Å². The third kappa shape index (κ3) is 8.76.